The third-order valence-electron chi connectivity index (χ3n) is 2.77. The molecule has 0 spiro atoms. The Morgan fingerprint density at radius 1 is 1.05 bits per heavy atom. The van der Waals surface area contributed by atoms with Gasteiger partial charge in [0.25, 0.3) is 0 Å². The molecule has 0 atom stereocenters. The zero-order chi connectivity index (χ0) is 17.5. The summed E-state index contributed by atoms with van der Waals surface area (Å²) in [5, 5.41) is 17.4. The molecule has 5 nitrogen and oxygen atoms in total. The minimum atomic E-state index is 0.0219. The quantitative estimate of drug-likeness (QED) is 0.212. The molecule has 0 heterocycles. The third-order valence-corrected chi connectivity index (χ3v) is 2.93. The molecule has 0 bridgehead atoms. The molecular weight excluding hydrogens is 298 g/mol. The van der Waals surface area contributed by atoms with Crippen LogP contribution in [0.4, 0.5) is 0 Å². The van der Waals surface area contributed by atoms with Crippen molar-refractivity contribution in [3.05, 3.63) is 0 Å². The van der Waals surface area contributed by atoms with Crippen molar-refractivity contribution >= 4 is 19.0 Å². The van der Waals surface area contributed by atoms with Crippen molar-refractivity contribution in [3.8, 4) is 0 Å². The van der Waals surface area contributed by atoms with Crippen molar-refractivity contribution < 1.29 is 9.90 Å². The molecule has 0 aromatic carbocycles. The van der Waals surface area contributed by atoms with Crippen LogP contribution in [0, 0.1) is 5.41 Å². The van der Waals surface area contributed by atoms with Crippen LogP contribution >= 0.6 is 12.6 Å². The van der Waals surface area contributed by atoms with E-state index in [1.807, 2.05) is 0 Å². The highest BCUT2D eigenvalue weighted by atomic mass is 32.1. The number of carbonyl (C=O) groups excluding carboxylic acids is 1. The SMILES string of the molecule is CC(C)(S)CC(C)(C)CNC=O.CCCNCCNCCO. The normalized spacial score (nSPS) is 11.6. The van der Waals surface area contributed by atoms with E-state index < -0.39 is 0 Å². The van der Waals surface area contributed by atoms with Crippen LogP contribution in [0.15, 0.2) is 0 Å². The Hall–Kier alpha value is -0.300. The van der Waals surface area contributed by atoms with Gasteiger partial charge in [0.05, 0.1) is 6.61 Å². The van der Waals surface area contributed by atoms with E-state index in [0.717, 1.165) is 32.5 Å². The van der Waals surface area contributed by atoms with Gasteiger partial charge in [0.15, 0.2) is 0 Å². The molecule has 134 valence electrons. The Bertz CT molecular complexity index is 248. The van der Waals surface area contributed by atoms with Crippen molar-refractivity contribution in [1.29, 1.82) is 0 Å². The van der Waals surface area contributed by atoms with E-state index in [9.17, 15) is 4.79 Å². The first-order chi connectivity index (χ1) is 10.2. The molecule has 0 saturated heterocycles. The van der Waals surface area contributed by atoms with Crippen LogP contribution in [-0.4, -0.2) is 55.6 Å². The topological polar surface area (TPSA) is 73.4 Å². The van der Waals surface area contributed by atoms with Gasteiger partial charge in [-0.15, -0.1) is 0 Å². The maximum absolute atomic E-state index is 10.1. The van der Waals surface area contributed by atoms with E-state index in [0.29, 0.717) is 13.1 Å². The summed E-state index contributed by atoms with van der Waals surface area (Å²) in [6.45, 7) is 15.2. The van der Waals surface area contributed by atoms with E-state index in [2.05, 4.69) is 63.2 Å². The van der Waals surface area contributed by atoms with Crippen LogP contribution in [0.5, 0.6) is 0 Å². The minimum Gasteiger partial charge on any atom is -0.395 e. The lowest BCUT2D eigenvalue weighted by Crippen LogP contribution is -2.33. The van der Waals surface area contributed by atoms with Crippen LogP contribution in [0.1, 0.15) is 47.5 Å². The van der Waals surface area contributed by atoms with Crippen LogP contribution in [0.25, 0.3) is 0 Å². The van der Waals surface area contributed by atoms with Crippen LogP contribution < -0.4 is 16.0 Å². The van der Waals surface area contributed by atoms with Gasteiger partial charge in [-0.25, -0.2) is 0 Å². The highest BCUT2D eigenvalue weighted by molar-refractivity contribution is 7.81. The first kappa shape index (κ1) is 24.0. The molecule has 1 amide bonds. The number of hydrogen-bond donors (Lipinski definition) is 5. The molecule has 0 saturated carbocycles. The first-order valence-electron chi connectivity index (χ1n) is 8.10. The number of hydrogen-bond acceptors (Lipinski definition) is 5. The van der Waals surface area contributed by atoms with Gasteiger partial charge in [0.2, 0.25) is 6.41 Å². The van der Waals surface area contributed by atoms with Gasteiger partial charge in [0, 0.05) is 30.9 Å². The van der Waals surface area contributed by atoms with Gasteiger partial charge in [-0.05, 0) is 24.8 Å². The van der Waals surface area contributed by atoms with Crippen LogP contribution in [0.2, 0.25) is 0 Å². The summed E-state index contributed by atoms with van der Waals surface area (Å²) in [6.07, 6.45) is 2.90. The van der Waals surface area contributed by atoms with E-state index in [-0.39, 0.29) is 16.8 Å². The van der Waals surface area contributed by atoms with E-state index in [1.165, 1.54) is 6.42 Å². The first-order valence-corrected chi connectivity index (χ1v) is 8.55. The number of thiol groups is 1. The summed E-state index contributed by atoms with van der Waals surface area (Å²) in [6, 6.07) is 0. The predicted octanol–water partition coefficient (Wildman–Crippen LogP) is 1.43. The Morgan fingerprint density at radius 2 is 1.59 bits per heavy atom. The van der Waals surface area contributed by atoms with Crippen molar-refractivity contribution in [2.24, 2.45) is 5.41 Å². The summed E-state index contributed by atoms with van der Waals surface area (Å²) >= 11 is 4.45. The lowest BCUT2D eigenvalue weighted by Gasteiger charge is -2.31. The van der Waals surface area contributed by atoms with Crippen LogP contribution in [0.3, 0.4) is 0 Å². The second-order valence-corrected chi connectivity index (χ2v) is 8.09. The molecule has 0 unspecified atom stereocenters. The summed E-state index contributed by atoms with van der Waals surface area (Å²) in [7, 11) is 0. The molecule has 0 aliphatic heterocycles. The molecule has 0 radical (unpaired) electrons. The van der Waals surface area contributed by atoms with Crippen molar-refractivity contribution in [1.82, 2.24) is 16.0 Å². The summed E-state index contributed by atoms with van der Waals surface area (Å²) in [5.74, 6) is 0. The highest BCUT2D eigenvalue weighted by Crippen LogP contribution is 2.30. The summed E-state index contributed by atoms with van der Waals surface area (Å²) < 4.78 is 0.0219. The van der Waals surface area contributed by atoms with Gasteiger partial charge < -0.3 is 21.1 Å². The van der Waals surface area contributed by atoms with E-state index in [4.69, 9.17) is 5.11 Å². The smallest absolute Gasteiger partial charge is 0.207 e. The monoisotopic (exact) mass is 335 g/mol. The van der Waals surface area contributed by atoms with Gasteiger partial charge in [-0.3, -0.25) is 4.79 Å². The summed E-state index contributed by atoms with van der Waals surface area (Å²) in [5.41, 5.74) is 0.117. The molecule has 6 heteroatoms. The molecule has 4 N–H and O–H groups in total. The van der Waals surface area contributed by atoms with Crippen molar-refractivity contribution in [2.45, 2.75) is 52.2 Å². The maximum Gasteiger partial charge on any atom is 0.207 e. The Labute approximate surface area is 142 Å². The average Bonchev–Trinajstić information content (AvgIpc) is 2.39. The molecule has 0 rings (SSSR count). The Kier molecular flexibility index (Phi) is 15.6. The van der Waals surface area contributed by atoms with Crippen molar-refractivity contribution in [3.63, 3.8) is 0 Å². The molecule has 0 aromatic rings. The maximum atomic E-state index is 10.1. The predicted molar refractivity (Wildman–Crippen MR) is 98.6 cm³/mol. The lowest BCUT2D eigenvalue weighted by atomic mass is 9.83. The lowest BCUT2D eigenvalue weighted by molar-refractivity contribution is -0.110. The fraction of sp³-hybridized carbons (Fsp3) is 0.938. The van der Waals surface area contributed by atoms with Gasteiger partial charge >= 0.3 is 0 Å². The second-order valence-electron chi connectivity index (χ2n) is 6.88. The van der Waals surface area contributed by atoms with Crippen molar-refractivity contribution in [2.75, 3.05) is 39.3 Å². The van der Waals surface area contributed by atoms with Gasteiger partial charge in [0.1, 0.15) is 0 Å². The number of carbonyl (C=O) groups is 1. The fourth-order valence-electron chi connectivity index (χ4n) is 2.23. The third kappa shape index (κ3) is 22.0. The van der Waals surface area contributed by atoms with Crippen LogP contribution in [-0.2, 0) is 4.79 Å². The number of rotatable bonds is 12. The number of amides is 1. The zero-order valence-electron chi connectivity index (χ0n) is 15.0. The van der Waals surface area contributed by atoms with E-state index >= 15 is 0 Å². The van der Waals surface area contributed by atoms with Gasteiger partial charge in [-0.2, -0.15) is 12.6 Å². The number of nitrogens with one attached hydrogen (secondary N) is 3. The summed E-state index contributed by atoms with van der Waals surface area (Å²) in [4.78, 5) is 10.1. The average molecular weight is 336 g/mol. The number of aliphatic hydroxyl groups is 1. The minimum absolute atomic E-state index is 0.0219. The highest BCUT2D eigenvalue weighted by Gasteiger charge is 2.25. The largest absolute Gasteiger partial charge is 0.395 e. The zero-order valence-corrected chi connectivity index (χ0v) is 15.9. The molecule has 0 aliphatic carbocycles. The standard InChI is InChI=1S/C9H19NOS.C7H18N2O/c1-8(2,6-10-7-11)5-9(3,4)12;1-2-3-8-4-5-9-6-7-10/h7,12H,5-6H2,1-4H3,(H,10,11);8-10H,2-7H2,1H3. The molecule has 22 heavy (non-hydrogen) atoms. The van der Waals surface area contributed by atoms with Gasteiger partial charge in [-0.1, -0.05) is 34.6 Å². The van der Waals surface area contributed by atoms with E-state index in [1.54, 1.807) is 0 Å². The second kappa shape index (κ2) is 14.3. The molecule has 0 aromatic heterocycles. The number of aliphatic hydroxyl groups excluding tert-OH is 1. The molecule has 0 fully saturated rings. The Morgan fingerprint density at radius 3 is 2.00 bits per heavy atom. The molecular formula is C16H37N3O2S. The fourth-order valence-corrected chi connectivity index (χ4v) is 2.66. The Balaban J connectivity index is 0. The molecule has 0 aliphatic rings.